The third kappa shape index (κ3) is 4.51. The Morgan fingerprint density at radius 3 is 1.75 bits per heavy atom. The summed E-state index contributed by atoms with van der Waals surface area (Å²) < 4.78 is 0. The van der Waals surface area contributed by atoms with Crippen LogP contribution >= 0.6 is 0 Å². The second-order valence-electron chi connectivity index (χ2n) is 2.72. The van der Waals surface area contributed by atoms with E-state index in [-0.39, 0.29) is 0 Å². The number of pyridine rings is 1. The van der Waals surface area contributed by atoms with E-state index in [9.17, 15) is 0 Å². The first-order valence-corrected chi connectivity index (χ1v) is 3.89. The SMILES string of the molecule is C#CC.Cc1cc(C)nc(C)c1. The molecular weight excluding hydrogens is 146 g/mol. The van der Waals surface area contributed by atoms with Gasteiger partial charge in [-0.05, 0) is 45.4 Å². The molecule has 0 saturated heterocycles. The molecular formula is C11H15N. The third-order valence-electron chi connectivity index (χ3n) is 1.23. The lowest BCUT2D eigenvalue weighted by Crippen LogP contribution is -1.85. The second kappa shape index (κ2) is 5.37. The zero-order valence-electron chi connectivity index (χ0n) is 8.18. The minimum Gasteiger partial charge on any atom is -0.258 e. The summed E-state index contributed by atoms with van der Waals surface area (Å²) in [5.41, 5.74) is 3.50. The molecule has 0 aliphatic carbocycles. The highest BCUT2D eigenvalue weighted by Crippen LogP contribution is 2.01. The highest BCUT2D eigenvalue weighted by atomic mass is 14.7. The molecule has 0 bridgehead atoms. The maximum Gasteiger partial charge on any atom is 0.0378 e. The topological polar surface area (TPSA) is 12.9 Å². The molecule has 12 heavy (non-hydrogen) atoms. The summed E-state index contributed by atoms with van der Waals surface area (Å²) in [6.45, 7) is 7.77. The van der Waals surface area contributed by atoms with Gasteiger partial charge in [-0.1, -0.05) is 0 Å². The lowest BCUT2D eigenvalue weighted by Gasteiger charge is -1.96. The van der Waals surface area contributed by atoms with Gasteiger partial charge < -0.3 is 0 Å². The normalized spacial score (nSPS) is 7.92. The molecule has 0 aliphatic rings. The number of nitrogens with zero attached hydrogens (tertiary/aromatic N) is 1. The smallest absolute Gasteiger partial charge is 0.0378 e. The van der Waals surface area contributed by atoms with Crippen LogP contribution in [0.5, 0.6) is 0 Å². The minimum atomic E-state index is 1.10. The molecule has 0 atom stereocenters. The molecule has 64 valence electrons. The van der Waals surface area contributed by atoms with Crippen molar-refractivity contribution in [2.45, 2.75) is 27.7 Å². The Labute approximate surface area is 74.8 Å². The zero-order valence-corrected chi connectivity index (χ0v) is 8.18. The van der Waals surface area contributed by atoms with Gasteiger partial charge in [-0.25, -0.2) is 0 Å². The van der Waals surface area contributed by atoms with Crippen LogP contribution in [0, 0.1) is 33.1 Å². The quantitative estimate of drug-likeness (QED) is 0.533. The van der Waals surface area contributed by atoms with Crippen molar-refractivity contribution in [3.63, 3.8) is 0 Å². The predicted molar refractivity (Wildman–Crippen MR) is 53.0 cm³/mol. The molecule has 1 aromatic rings. The third-order valence-corrected chi connectivity index (χ3v) is 1.23. The second-order valence-corrected chi connectivity index (χ2v) is 2.72. The number of rotatable bonds is 0. The number of terminal acetylenes is 1. The van der Waals surface area contributed by atoms with Crippen LogP contribution in [0.4, 0.5) is 0 Å². The van der Waals surface area contributed by atoms with Crippen molar-refractivity contribution < 1.29 is 0 Å². The van der Waals surface area contributed by atoms with E-state index in [4.69, 9.17) is 0 Å². The Bertz CT molecular complexity index is 231. The van der Waals surface area contributed by atoms with Gasteiger partial charge in [0.05, 0.1) is 0 Å². The van der Waals surface area contributed by atoms with Crippen LogP contribution in [-0.2, 0) is 0 Å². The van der Waals surface area contributed by atoms with E-state index in [2.05, 4.69) is 36.4 Å². The number of hydrogen-bond donors (Lipinski definition) is 0. The van der Waals surface area contributed by atoms with Gasteiger partial charge in [0.1, 0.15) is 0 Å². The highest BCUT2D eigenvalue weighted by molar-refractivity contribution is 5.18. The first kappa shape index (κ1) is 10.7. The first-order valence-electron chi connectivity index (χ1n) is 3.89. The average Bonchev–Trinajstić information content (AvgIpc) is 1.84. The molecule has 1 heterocycles. The monoisotopic (exact) mass is 161 g/mol. The lowest BCUT2D eigenvalue weighted by molar-refractivity contribution is 1.10. The summed E-state index contributed by atoms with van der Waals surface area (Å²) in [7, 11) is 0. The van der Waals surface area contributed by atoms with Crippen LogP contribution in [0.1, 0.15) is 23.9 Å². The van der Waals surface area contributed by atoms with Crippen LogP contribution < -0.4 is 0 Å². The number of aromatic nitrogens is 1. The number of hydrogen-bond acceptors (Lipinski definition) is 1. The summed E-state index contributed by atoms with van der Waals surface area (Å²) in [5, 5.41) is 0. The molecule has 0 N–H and O–H groups in total. The zero-order chi connectivity index (χ0) is 9.56. The van der Waals surface area contributed by atoms with Crippen molar-refractivity contribution in [2.75, 3.05) is 0 Å². The van der Waals surface area contributed by atoms with Gasteiger partial charge in [-0.2, -0.15) is 0 Å². The van der Waals surface area contributed by atoms with E-state index < -0.39 is 0 Å². The Kier molecular flexibility index (Phi) is 4.79. The summed E-state index contributed by atoms with van der Waals surface area (Å²) in [5.74, 6) is 2.25. The molecule has 0 aliphatic heterocycles. The Balaban J connectivity index is 0.000000354. The minimum absolute atomic E-state index is 1.10. The molecule has 0 fully saturated rings. The van der Waals surface area contributed by atoms with Crippen LogP contribution in [0.2, 0.25) is 0 Å². The van der Waals surface area contributed by atoms with E-state index in [0.29, 0.717) is 0 Å². The van der Waals surface area contributed by atoms with Crippen molar-refractivity contribution in [1.29, 1.82) is 0 Å². The van der Waals surface area contributed by atoms with Crippen LogP contribution in [-0.4, -0.2) is 4.98 Å². The fourth-order valence-electron chi connectivity index (χ4n) is 1.04. The molecule has 1 aromatic heterocycles. The van der Waals surface area contributed by atoms with Crippen LogP contribution in [0.3, 0.4) is 0 Å². The van der Waals surface area contributed by atoms with Gasteiger partial charge in [0.25, 0.3) is 0 Å². The first-order chi connectivity index (χ1) is 5.60. The van der Waals surface area contributed by atoms with Gasteiger partial charge in [-0.3, -0.25) is 4.98 Å². The van der Waals surface area contributed by atoms with Gasteiger partial charge in [0.2, 0.25) is 0 Å². The fourth-order valence-corrected chi connectivity index (χ4v) is 1.04. The summed E-state index contributed by atoms with van der Waals surface area (Å²) in [6.07, 6.45) is 4.60. The molecule has 0 amide bonds. The molecule has 0 unspecified atom stereocenters. The molecule has 1 nitrogen and oxygen atoms in total. The molecule has 0 aromatic carbocycles. The van der Waals surface area contributed by atoms with E-state index in [1.807, 2.05) is 13.8 Å². The van der Waals surface area contributed by atoms with E-state index in [1.54, 1.807) is 6.92 Å². The molecule has 1 heteroatoms. The van der Waals surface area contributed by atoms with E-state index in [1.165, 1.54) is 5.56 Å². The van der Waals surface area contributed by atoms with Gasteiger partial charge >= 0.3 is 0 Å². The molecule has 0 spiro atoms. The maximum atomic E-state index is 4.60. The molecule has 0 radical (unpaired) electrons. The maximum absolute atomic E-state index is 4.60. The Morgan fingerprint density at radius 1 is 1.17 bits per heavy atom. The largest absolute Gasteiger partial charge is 0.258 e. The standard InChI is InChI=1S/C8H11N.C3H4/c1-6-4-7(2)9-8(3)5-6;1-3-2/h4-5H,1-3H3;1H,2H3. The van der Waals surface area contributed by atoms with Crippen LogP contribution in [0.15, 0.2) is 12.1 Å². The fraction of sp³-hybridized carbons (Fsp3) is 0.364. The Morgan fingerprint density at radius 2 is 1.50 bits per heavy atom. The number of aryl methyl sites for hydroxylation is 3. The van der Waals surface area contributed by atoms with Crippen molar-refractivity contribution in [2.24, 2.45) is 0 Å². The predicted octanol–water partition coefficient (Wildman–Crippen LogP) is 2.65. The molecule has 0 saturated carbocycles. The lowest BCUT2D eigenvalue weighted by atomic mass is 10.2. The van der Waals surface area contributed by atoms with Crippen molar-refractivity contribution in [1.82, 2.24) is 4.98 Å². The Hall–Kier alpha value is -1.29. The van der Waals surface area contributed by atoms with Crippen molar-refractivity contribution >= 4 is 0 Å². The van der Waals surface area contributed by atoms with Gasteiger partial charge in [0, 0.05) is 11.4 Å². The highest BCUT2D eigenvalue weighted by Gasteiger charge is 1.88. The van der Waals surface area contributed by atoms with Gasteiger partial charge in [0.15, 0.2) is 0 Å². The van der Waals surface area contributed by atoms with Crippen LogP contribution in [0.25, 0.3) is 0 Å². The van der Waals surface area contributed by atoms with Gasteiger partial charge in [-0.15, -0.1) is 12.3 Å². The summed E-state index contributed by atoms with van der Waals surface area (Å²) >= 11 is 0. The molecule has 1 rings (SSSR count). The van der Waals surface area contributed by atoms with E-state index in [0.717, 1.165) is 11.4 Å². The average molecular weight is 161 g/mol. The summed E-state index contributed by atoms with van der Waals surface area (Å²) in [4.78, 5) is 4.23. The summed E-state index contributed by atoms with van der Waals surface area (Å²) in [6, 6.07) is 4.15. The van der Waals surface area contributed by atoms with E-state index >= 15 is 0 Å². The van der Waals surface area contributed by atoms with Crippen molar-refractivity contribution in [3.05, 3.63) is 29.1 Å². The van der Waals surface area contributed by atoms with Crippen molar-refractivity contribution in [3.8, 4) is 12.3 Å².